The molecule has 0 unspecified atom stereocenters. The number of halogens is 2. The maximum Gasteiger partial charge on any atom is 0.303 e. The Bertz CT molecular complexity index is 845. The van der Waals surface area contributed by atoms with Crippen molar-refractivity contribution in [2.75, 3.05) is 0 Å². The van der Waals surface area contributed by atoms with Crippen LogP contribution < -0.4 is 0 Å². The van der Waals surface area contributed by atoms with E-state index in [1.807, 2.05) is 0 Å². The monoisotopic (exact) mass is 321 g/mol. The molecule has 0 aliphatic carbocycles. The van der Waals surface area contributed by atoms with Gasteiger partial charge < -0.3 is 0 Å². The van der Waals surface area contributed by atoms with E-state index in [1.165, 1.54) is 12.1 Å². The molecule has 0 spiro atoms. The van der Waals surface area contributed by atoms with Crippen molar-refractivity contribution < 1.29 is 13.9 Å². The van der Waals surface area contributed by atoms with Crippen molar-refractivity contribution in [3.63, 3.8) is 0 Å². The predicted molar refractivity (Wildman–Crippen MR) is 77.3 cm³/mol. The molecule has 22 heavy (non-hydrogen) atoms. The molecule has 2 aromatic carbocycles. The van der Waals surface area contributed by atoms with Gasteiger partial charge in [-0.05, 0) is 47.4 Å². The molecule has 0 fully saturated rings. The van der Waals surface area contributed by atoms with Crippen LogP contribution in [0.5, 0.6) is 0 Å². The van der Waals surface area contributed by atoms with Crippen LogP contribution in [-0.4, -0.2) is 15.2 Å². The Morgan fingerprint density at radius 3 is 2.77 bits per heavy atom. The number of benzene rings is 2. The molecule has 3 aromatic rings. The summed E-state index contributed by atoms with van der Waals surface area (Å²) in [5.74, 6) is -0.431. The average Bonchev–Trinajstić information content (AvgIpc) is 2.94. The van der Waals surface area contributed by atoms with Crippen LogP contribution in [0.2, 0.25) is 5.02 Å². The second-order valence-corrected chi connectivity index (χ2v) is 5.07. The van der Waals surface area contributed by atoms with Crippen LogP contribution in [0.3, 0.4) is 0 Å². The topological polar surface area (TPSA) is 82.1 Å². The Labute approximate surface area is 128 Å². The lowest BCUT2D eigenvalue weighted by Gasteiger charge is -2.06. The van der Waals surface area contributed by atoms with Crippen molar-refractivity contribution in [3.05, 3.63) is 62.4 Å². The van der Waals surface area contributed by atoms with Crippen molar-refractivity contribution in [2.45, 2.75) is 12.8 Å². The van der Waals surface area contributed by atoms with E-state index in [9.17, 15) is 14.5 Å². The number of nitrogens with zero attached hydrogens (tertiary/aromatic N) is 3. The van der Waals surface area contributed by atoms with Gasteiger partial charge in [-0.1, -0.05) is 17.7 Å². The normalized spacial score (nSPS) is 11.0. The van der Waals surface area contributed by atoms with Crippen molar-refractivity contribution in [1.82, 2.24) is 10.3 Å². The third-order valence-corrected chi connectivity index (χ3v) is 3.73. The molecule has 112 valence electrons. The van der Waals surface area contributed by atoms with Crippen LogP contribution >= 0.6 is 11.6 Å². The van der Waals surface area contributed by atoms with Crippen LogP contribution in [0.1, 0.15) is 11.1 Å². The molecule has 0 bridgehead atoms. The summed E-state index contributed by atoms with van der Waals surface area (Å²) in [6.07, 6.45) is 0.489. The van der Waals surface area contributed by atoms with E-state index in [1.54, 1.807) is 18.2 Å². The summed E-state index contributed by atoms with van der Waals surface area (Å²) < 4.78 is 18.3. The minimum Gasteiger partial charge on any atom is -0.258 e. The van der Waals surface area contributed by atoms with Crippen molar-refractivity contribution in [3.8, 4) is 0 Å². The third kappa shape index (κ3) is 2.50. The van der Waals surface area contributed by atoms with E-state index in [4.69, 9.17) is 11.6 Å². The summed E-state index contributed by atoms with van der Waals surface area (Å²) >= 11 is 5.96. The number of nitro groups is 1. The van der Waals surface area contributed by atoms with Gasteiger partial charge in [-0.3, -0.25) is 10.1 Å². The number of aryl methyl sites for hydroxylation is 1. The highest BCUT2D eigenvalue weighted by atomic mass is 35.5. The highest BCUT2D eigenvalue weighted by molar-refractivity contribution is 6.31. The first-order valence-corrected chi connectivity index (χ1v) is 6.77. The van der Waals surface area contributed by atoms with Gasteiger partial charge in [-0.15, -0.1) is 0 Å². The molecule has 8 heteroatoms. The fraction of sp³-hybridized carbons (Fsp3) is 0.143. The number of hydrogen-bond acceptors (Lipinski definition) is 5. The number of fused-ring (bicyclic) bond motifs is 1. The molecule has 1 heterocycles. The zero-order chi connectivity index (χ0) is 15.7. The van der Waals surface area contributed by atoms with E-state index < -0.39 is 10.7 Å². The molecule has 0 radical (unpaired) electrons. The number of hydrogen-bond donors (Lipinski definition) is 0. The van der Waals surface area contributed by atoms with Crippen LogP contribution in [0.25, 0.3) is 11.0 Å². The molecule has 0 saturated carbocycles. The first-order chi connectivity index (χ1) is 10.6. The molecule has 3 rings (SSSR count). The van der Waals surface area contributed by atoms with Gasteiger partial charge in [0.15, 0.2) is 0 Å². The first-order valence-electron chi connectivity index (χ1n) is 6.39. The van der Waals surface area contributed by atoms with Gasteiger partial charge in [0.1, 0.15) is 11.3 Å². The maximum absolute atomic E-state index is 13.8. The standard InChI is InChI=1S/C14H9ClFN3O3/c15-10-2-1-3-11(16)9(10)6-4-8-5-7-12-13(18-22-17-12)14(8)19(20)21/h1-3,5,7H,4,6H2. The predicted octanol–water partition coefficient (Wildman–Crippen LogP) is 3.71. The summed E-state index contributed by atoms with van der Waals surface area (Å²) in [6, 6.07) is 7.55. The van der Waals surface area contributed by atoms with Crippen LogP contribution in [-0.2, 0) is 12.8 Å². The van der Waals surface area contributed by atoms with Gasteiger partial charge in [-0.25, -0.2) is 9.02 Å². The number of aromatic nitrogens is 2. The lowest BCUT2D eigenvalue weighted by atomic mass is 10.0. The molecule has 0 atom stereocenters. The Morgan fingerprint density at radius 2 is 2.05 bits per heavy atom. The zero-order valence-electron chi connectivity index (χ0n) is 11.1. The summed E-state index contributed by atoms with van der Waals surface area (Å²) in [6.45, 7) is 0. The summed E-state index contributed by atoms with van der Waals surface area (Å²) in [5, 5.41) is 18.7. The fourth-order valence-electron chi connectivity index (χ4n) is 2.32. The van der Waals surface area contributed by atoms with Gasteiger partial charge in [0.25, 0.3) is 0 Å². The molecule has 0 aliphatic rings. The molecule has 6 nitrogen and oxygen atoms in total. The zero-order valence-corrected chi connectivity index (χ0v) is 11.9. The Morgan fingerprint density at radius 1 is 1.23 bits per heavy atom. The largest absolute Gasteiger partial charge is 0.303 e. The molecule has 0 aliphatic heterocycles. The second-order valence-electron chi connectivity index (χ2n) is 4.66. The van der Waals surface area contributed by atoms with E-state index in [0.29, 0.717) is 21.7 Å². The Balaban J connectivity index is 1.97. The lowest BCUT2D eigenvalue weighted by Crippen LogP contribution is -2.01. The molecule has 1 aromatic heterocycles. The van der Waals surface area contributed by atoms with Gasteiger partial charge in [0, 0.05) is 16.1 Å². The SMILES string of the molecule is O=[N+]([O-])c1c(CCc2c(F)cccc2Cl)ccc2nonc12. The van der Waals surface area contributed by atoms with Gasteiger partial charge in [0.2, 0.25) is 5.52 Å². The number of rotatable bonds is 4. The van der Waals surface area contributed by atoms with Gasteiger partial charge >= 0.3 is 5.69 Å². The quantitative estimate of drug-likeness (QED) is 0.540. The van der Waals surface area contributed by atoms with Crippen molar-refractivity contribution in [2.24, 2.45) is 0 Å². The minimum atomic E-state index is -0.537. The maximum atomic E-state index is 13.8. The molecular formula is C14H9ClFN3O3. The molecule has 0 N–H and O–H groups in total. The lowest BCUT2D eigenvalue weighted by molar-refractivity contribution is -0.384. The molecule has 0 saturated heterocycles. The average molecular weight is 322 g/mol. The van der Waals surface area contributed by atoms with Gasteiger partial charge in [0.05, 0.1) is 4.92 Å². The van der Waals surface area contributed by atoms with Crippen molar-refractivity contribution >= 4 is 28.3 Å². The smallest absolute Gasteiger partial charge is 0.258 e. The highest BCUT2D eigenvalue weighted by Gasteiger charge is 2.22. The molecule has 0 amide bonds. The van der Waals surface area contributed by atoms with E-state index in [2.05, 4.69) is 14.9 Å². The highest BCUT2D eigenvalue weighted by Crippen LogP contribution is 2.29. The fourth-order valence-corrected chi connectivity index (χ4v) is 2.57. The minimum absolute atomic E-state index is 0.0853. The number of nitro benzene ring substituents is 1. The van der Waals surface area contributed by atoms with Crippen LogP contribution in [0.4, 0.5) is 10.1 Å². The van der Waals surface area contributed by atoms with E-state index in [0.717, 1.165) is 0 Å². The third-order valence-electron chi connectivity index (χ3n) is 3.37. The van der Waals surface area contributed by atoms with Crippen LogP contribution in [0, 0.1) is 15.9 Å². The van der Waals surface area contributed by atoms with E-state index >= 15 is 0 Å². The summed E-state index contributed by atoms with van der Waals surface area (Å²) in [7, 11) is 0. The van der Waals surface area contributed by atoms with E-state index in [-0.39, 0.29) is 24.0 Å². The van der Waals surface area contributed by atoms with Crippen LogP contribution in [0.15, 0.2) is 35.0 Å². The first kappa shape index (κ1) is 14.4. The summed E-state index contributed by atoms with van der Waals surface area (Å²) in [4.78, 5) is 10.7. The second kappa shape index (κ2) is 5.69. The molecular weight excluding hydrogens is 313 g/mol. The Hall–Kier alpha value is -2.54. The summed E-state index contributed by atoms with van der Waals surface area (Å²) in [5.41, 5.74) is 0.970. The van der Waals surface area contributed by atoms with Crippen molar-refractivity contribution in [1.29, 1.82) is 0 Å². The Kier molecular flexibility index (Phi) is 3.72. The van der Waals surface area contributed by atoms with Gasteiger partial charge in [-0.2, -0.15) is 0 Å².